The lowest BCUT2D eigenvalue weighted by atomic mass is 10.1. The molecule has 3 aliphatic heterocycles. The van der Waals surface area contributed by atoms with E-state index in [1.54, 1.807) is 11.0 Å². The van der Waals surface area contributed by atoms with E-state index < -0.39 is 15.9 Å². The maximum Gasteiger partial charge on any atom is 0.274 e. The molecule has 1 aromatic rings. The Bertz CT molecular complexity index is 895. The predicted molar refractivity (Wildman–Crippen MR) is 94.9 cm³/mol. The number of fused-ring (bicyclic) bond motifs is 1. The highest BCUT2D eigenvalue weighted by atomic mass is 32.2. The largest absolute Gasteiger partial charge is 0.490 e. The highest BCUT2D eigenvalue weighted by Gasteiger charge is 2.38. The number of ether oxygens (including phenoxy) is 1. The Labute approximate surface area is 151 Å². The van der Waals surface area contributed by atoms with Gasteiger partial charge in [0.15, 0.2) is 9.84 Å². The number of hydrogen-bond acceptors (Lipinski definition) is 6. The van der Waals surface area contributed by atoms with Crippen LogP contribution in [0.15, 0.2) is 29.4 Å². The SMILES string of the molecule is O=C(C1=NN(C2CCS(=O)(=O)C2)C(=O)CC1)N1CCOc2ccccc21. The van der Waals surface area contributed by atoms with Crippen molar-refractivity contribution < 1.29 is 22.7 Å². The summed E-state index contributed by atoms with van der Waals surface area (Å²) in [5, 5.41) is 5.48. The number of sulfone groups is 1. The topological polar surface area (TPSA) is 96.3 Å². The number of nitrogens with zero attached hydrogens (tertiary/aromatic N) is 3. The molecule has 1 atom stereocenters. The van der Waals surface area contributed by atoms with Crippen LogP contribution < -0.4 is 9.64 Å². The van der Waals surface area contributed by atoms with Gasteiger partial charge in [0.25, 0.3) is 5.91 Å². The first-order chi connectivity index (χ1) is 12.4. The first kappa shape index (κ1) is 17.0. The molecule has 0 spiro atoms. The molecule has 0 bridgehead atoms. The van der Waals surface area contributed by atoms with Crippen LogP contribution in [-0.2, 0) is 19.4 Å². The maximum atomic E-state index is 13.0. The van der Waals surface area contributed by atoms with Crippen LogP contribution in [0, 0.1) is 0 Å². The van der Waals surface area contributed by atoms with E-state index in [0.29, 0.717) is 31.0 Å². The zero-order valence-corrected chi connectivity index (χ0v) is 14.9. The number of hydrogen-bond donors (Lipinski definition) is 0. The summed E-state index contributed by atoms with van der Waals surface area (Å²) < 4.78 is 29.0. The van der Waals surface area contributed by atoms with Crippen LogP contribution in [0.4, 0.5) is 5.69 Å². The summed E-state index contributed by atoms with van der Waals surface area (Å²) in [6.07, 6.45) is 0.777. The highest BCUT2D eigenvalue weighted by Crippen LogP contribution is 2.32. The van der Waals surface area contributed by atoms with E-state index >= 15 is 0 Å². The number of benzene rings is 1. The quantitative estimate of drug-likeness (QED) is 0.751. The predicted octanol–water partition coefficient (Wildman–Crippen LogP) is 0.578. The van der Waals surface area contributed by atoms with E-state index in [-0.39, 0.29) is 41.9 Å². The molecular formula is C17H19N3O5S. The summed E-state index contributed by atoms with van der Waals surface area (Å²) in [5.74, 6) is 0.102. The normalized spacial score (nSPS) is 24.7. The molecule has 0 radical (unpaired) electrons. The van der Waals surface area contributed by atoms with Crippen molar-refractivity contribution >= 4 is 33.1 Å². The van der Waals surface area contributed by atoms with Crippen LogP contribution in [0.1, 0.15) is 19.3 Å². The second-order valence-electron chi connectivity index (χ2n) is 6.61. The molecule has 1 saturated heterocycles. The Hall–Kier alpha value is -2.42. The van der Waals surface area contributed by atoms with Gasteiger partial charge in [-0.1, -0.05) is 12.1 Å². The molecule has 3 aliphatic rings. The minimum Gasteiger partial charge on any atom is -0.490 e. The number of amides is 2. The molecule has 0 aromatic heterocycles. The molecule has 1 unspecified atom stereocenters. The first-order valence-electron chi connectivity index (χ1n) is 8.58. The Kier molecular flexibility index (Phi) is 4.18. The minimum absolute atomic E-state index is 0.0527. The van der Waals surface area contributed by atoms with Crippen LogP contribution in [0.5, 0.6) is 5.75 Å². The number of carbonyl (C=O) groups is 2. The lowest BCUT2D eigenvalue weighted by molar-refractivity contribution is -0.133. The lowest BCUT2D eigenvalue weighted by Crippen LogP contribution is -2.47. The fraction of sp³-hybridized carbons (Fsp3) is 0.471. The zero-order chi connectivity index (χ0) is 18.3. The van der Waals surface area contributed by atoms with Gasteiger partial charge in [0.2, 0.25) is 5.91 Å². The van der Waals surface area contributed by atoms with E-state index in [1.807, 2.05) is 18.2 Å². The van der Waals surface area contributed by atoms with Crippen LogP contribution in [0.25, 0.3) is 0 Å². The molecule has 0 saturated carbocycles. The van der Waals surface area contributed by atoms with Crippen molar-refractivity contribution in [1.82, 2.24) is 5.01 Å². The number of rotatable bonds is 2. The third-order valence-electron chi connectivity index (χ3n) is 4.83. The molecule has 2 amide bonds. The molecule has 1 aromatic carbocycles. The van der Waals surface area contributed by atoms with Crippen molar-refractivity contribution in [3.8, 4) is 5.75 Å². The number of anilines is 1. The van der Waals surface area contributed by atoms with E-state index in [0.717, 1.165) is 0 Å². The summed E-state index contributed by atoms with van der Waals surface area (Å²) in [4.78, 5) is 26.8. The van der Waals surface area contributed by atoms with Crippen molar-refractivity contribution in [2.75, 3.05) is 29.6 Å². The van der Waals surface area contributed by atoms with Crippen LogP contribution in [-0.4, -0.2) is 61.7 Å². The van der Waals surface area contributed by atoms with Gasteiger partial charge in [0.05, 0.1) is 29.8 Å². The van der Waals surface area contributed by atoms with Gasteiger partial charge in [-0.15, -0.1) is 0 Å². The second-order valence-corrected chi connectivity index (χ2v) is 8.84. The van der Waals surface area contributed by atoms with Gasteiger partial charge in [-0.25, -0.2) is 13.4 Å². The van der Waals surface area contributed by atoms with Crippen molar-refractivity contribution in [3.63, 3.8) is 0 Å². The van der Waals surface area contributed by atoms with Crippen molar-refractivity contribution in [2.24, 2.45) is 5.10 Å². The van der Waals surface area contributed by atoms with Gasteiger partial charge >= 0.3 is 0 Å². The fourth-order valence-corrected chi connectivity index (χ4v) is 5.21. The minimum atomic E-state index is -3.14. The molecule has 26 heavy (non-hydrogen) atoms. The van der Waals surface area contributed by atoms with Gasteiger partial charge < -0.3 is 9.64 Å². The molecule has 8 nitrogen and oxygen atoms in total. The first-order valence-corrected chi connectivity index (χ1v) is 10.4. The van der Waals surface area contributed by atoms with E-state index in [9.17, 15) is 18.0 Å². The maximum absolute atomic E-state index is 13.0. The Balaban J connectivity index is 1.60. The third kappa shape index (κ3) is 3.07. The van der Waals surface area contributed by atoms with Crippen molar-refractivity contribution in [1.29, 1.82) is 0 Å². The molecule has 1 fully saturated rings. The Morgan fingerprint density at radius 1 is 1.23 bits per heavy atom. The Morgan fingerprint density at radius 3 is 2.81 bits per heavy atom. The Morgan fingerprint density at radius 2 is 2.04 bits per heavy atom. The highest BCUT2D eigenvalue weighted by molar-refractivity contribution is 7.91. The average Bonchev–Trinajstić information content (AvgIpc) is 3.00. The van der Waals surface area contributed by atoms with Crippen molar-refractivity contribution in [2.45, 2.75) is 25.3 Å². The number of para-hydroxylation sites is 2. The third-order valence-corrected chi connectivity index (χ3v) is 6.58. The summed E-state index contributed by atoms with van der Waals surface area (Å²) in [6.45, 7) is 0.792. The fourth-order valence-electron chi connectivity index (χ4n) is 3.52. The molecule has 4 rings (SSSR count). The van der Waals surface area contributed by atoms with Gasteiger partial charge in [0, 0.05) is 12.8 Å². The molecule has 3 heterocycles. The summed E-state index contributed by atoms with van der Waals surface area (Å²) in [5.41, 5.74) is 0.962. The molecule has 9 heteroatoms. The summed E-state index contributed by atoms with van der Waals surface area (Å²) >= 11 is 0. The van der Waals surface area contributed by atoms with Crippen LogP contribution in [0.3, 0.4) is 0 Å². The van der Waals surface area contributed by atoms with E-state index in [4.69, 9.17) is 4.74 Å². The van der Waals surface area contributed by atoms with Gasteiger partial charge in [0.1, 0.15) is 18.1 Å². The second kappa shape index (κ2) is 6.39. The van der Waals surface area contributed by atoms with Crippen LogP contribution in [0.2, 0.25) is 0 Å². The average molecular weight is 377 g/mol. The number of hydrazone groups is 1. The lowest BCUT2D eigenvalue weighted by Gasteiger charge is -2.32. The molecule has 138 valence electrons. The van der Waals surface area contributed by atoms with Crippen LogP contribution >= 0.6 is 0 Å². The van der Waals surface area contributed by atoms with Gasteiger partial charge in [-0.2, -0.15) is 5.10 Å². The standard InChI is InChI=1S/C17H19N3O5S/c21-16-6-5-13(18-20(16)12-7-10-26(23,24)11-12)17(22)19-8-9-25-15-4-2-1-3-14(15)19/h1-4,12H,5-11H2. The summed E-state index contributed by atoms with van der Waals surface area (Å²) in [6, 6.07) is 6.80. The van der Waals surface area contributed by atoms with Crippen molar-refractivity contribution in [3.05, 3.63) is 24.3 Å². The number of carbonyl (C=O) groups excluding carboxylic acids is 2. The van der Waals surface area contributed by atoms with Gasteiger partial charge in [-0.3, -0.25) is 9.59 Å². The monoisotopic (exact) mass is 377 g/mol. The smallest absolute Gasteiger partial charge is 0.274 e. The molecule has 0 aliphatic carbocycles. The molecular weight excluding hydrogens is 358 g/mol. The van der Waals surface area contributed by atoms with E-state index in [2.05, 4.69) is 5.10 Å². The van der Waals surface area contributed by atoms with Gasteiger partial charge in [-0.05, 0) is 18.6 Å². The molecule has 0 N–H and O–H groups in total. The van der Waals surface area contributed by atoms with E-state index in [1.165, 1.54) is 5.01 Å². The zero-order valence-electron chi connectivity index (χ0n) is 14.1. The summed E-state index contributed by atoms with van der Waals surface area (Å²) in [7, 11) is -3.14.